The molecule has 114 valence electrons. The number of fused-ring (bicyclic) bond motifs is 1. The summed E-state index contributed by atoms with van der Waals surface area (Å²) in [6.07, 6.45) is 2.03. The van der Waals surface area contributed by atoms with Gasteiger partial charge in [0.1, 0.15) is 11.5 Å². The number of hydrogen-bond acceptors (Lipinski definition) is 4. The number of nitrogen functional groups attached to an aromatic ring is 1. The number of anilines is 1. The second-order valence-electron chi connectivity index (χ2n) is 5.28. The smallest absolute Gasteiger partial charge is 0.160 e. The predicted octanol–water partition coefficient (Wildman–Crippen LogP) is 3.22. The normalized spacial score (nSPS) is 10.9. The third kappa shape index (κ3) is 2.15. The molecular formula is C17H19N3O2. The minimum Gasteiger partial charge on any atom is -0.497 e. The van der Waals surface area contributed by atoms with Crippen LogP contribution in [0.25, 0.3) is 16.9 Å². The van der Waals surface area contributed by atoms with Crippen LogP contribution in [0.4, 0.5) is 5.69 Å². The molecule has 0 aliphatic carbocycles. The molecule has 0 radical (unpaired) electrons. The number of nitrogens with zero attached hydrogens (tertiary/aromatic N) is 2. The third-order valence-electron chi connectivity index (χ3n) is 3.79. The zero-order chi connectivity index (χ0) is 15.9. The van der Waals surface area contributed by atoms with E-state index in [1.807, 2.05) is 48.7 Å². The number of rotatable bonds is 3. The van der Waals surface area contributed by atoms with Gasteiger partial charge in [0.15, 0.2) is 5.65 Å². The van der Waals surface area contributed by atoms with Gasteiger partial charge in [0, 0.05) is 17.5 Å². The summed E-state index contributed by atoms with van der Waals surface area (Å²) < 4.78 is 12.8. The zero-order valence-electron chi connectivity index (χ0n) is 13.2. The summed E-state index contributed by atoms with van der Waals surface area (Å²) in [5.74, 6) is 1.51. The molecule has 0 fully saturated rings. The first-order chi connectivity index (χ1) is 10.5. The van der Waals surface area contributed by atoms with Crippen LogP contribution in [0.15, 0.2) is 30.5 Å². The quantitative estimate of drug-likeness (QED) is 0.806. The van der Waals surface area contributed by atoms with Crippen LogP contribution in [-0.2, 0) is 0 Å². The Balaban J connectivity index is 2.31. The molecular weight excluding hydrogens is 278 g/mol. The molecule has 0 aliphatic rings. The number of benzene rings is 1. The lowest BCUT2D eigenvalue weighted by molar-refractivity contribution is 0.404. The maximum atomic E-state index is 6.10. The van der Waals surface area contributed by atoms with Crippen LogP contribution in [0.5, 0.6) is 11.5 Å². The van der Waals surface area contributed by atoms with E-state index in [0.717, 1.165) is 39.7 Å². The molecule has 2 aromatic heterocycles. The highest BCUT2D eigenvalue weighted by atomic mass is 16.5. The SMILES string of the molecule is COc1ccc(OC)c(-c2nc3c(N)cc(C)cn3c2C)c1. The molecule has 22 heavy (non-hydrogen) atoms. The summed E-state index contributed by atoms with van der Waals surface area (Å²) in [6, 6.07) is 7.60. The summed E-state index contributed by atoms with van der Waals surface area (Å²) in [5, 5.41) is 0. The van der Waals surface area contributed by atoms with E-state index in [0.29, 0.717) is 5.69 Å². The van der Waals surface area contributed by atoms with Crippen molar-refractivity contribution in [1.29, 1.82) is 0 Å². The Hall–Kier alpha value is -2.69. The van der Waals surface area contributed by atoms with Crippen LogP contribution in [0, 0.1) is 13.8 Å². The Morgan fingerprint density at radius 1 is 1.09 bits per heavy atom. The zero-order valence-corrected chi connectivity index (χ0v) is 13.2. The molecule has 2 N–H and O–H groups in total. The van der Waals surface area contributed by atoms with Crippen molar-refractivity contribution in [3.8, 4) is 22.8 Å². The maximum Gasteiger partial charge on any atom is 0.160 e. The molecule has 5 nitrogen and oxygen atoms in total. The second-order valence-corrected chi connectivity index (χ2v) is 5.28. The Bertz CT molecular complexity index is 853. The highest BCUT2D eigenvalue weighted by molar-refractivity contribution is 5.77. The van der Waals surface area contributed by atoms with E-state index in [1.54, 1.807) is 14.2 Å². The lowest BCUT2D eigenvalue weighted by Gasteiger charge is -2.09. The van der Waals surface area contributed by atoms with Crippen LogP contribution < -0.4 is 15.2 Å². The number of hydrogen-bond donors (Lipinski definition) is 1. The van der Waals surface area contributed by atoms with E-state index in [4.69, 9.17) is 20.2 Å². The van der Waals surface area contributed by atoms with Gasteiger partial charge in [-0.2, -0.15) is 0 Å². The van der Waals surface area contributed by atoms with Gasteiger partial charge < -0.3 is 19.6 Å². The van der Waals surface area contributed by atoms with Crippen molar-refractivity contribution in [1.82, 2.24) is 9.38 Å². The number of aryl methyl sites for hydroxylation is 2. The minimum atomic E-state index is 0.663. The average molecular weight is 297 g/mol. The van der Waals surface area contributed by atoms with Gasteiger partial charge in [-0.05, 0) is 43.7 Å². The molecule has 0 amide bonds. The molecule has 0 saturated carbocycles. The van der Waals surface area contributed by atoms with E-state index in [-0.39, 0.29) is 0 Å². The van der Waals surface area contributed by atoms with Gasteiger partial charge in [-0.25, -0.2) is 4.98 Å². The Morgan fingerprint density at radius 3 is 2.55 bits per heavy atom. The van der Waals surface area contributed by atoms with E-state index in [2.05, 4.69) is 0 Å². The highest BCUT2D eigenvalue weighted by Crippen LogP contribution is 2.35. The fraction of sp³-hybridized carbons (Fsp3) is 0.235. The van der Waals surface area contributed by atoms with Gasteiger partial charge in [-0.3, -0.25) is 0 Å². The predicted molar refractivity (Wildman–Crippen MR) is 87.6 cm³/mol. The largest absolute Gasteiger partial charge is 0.497 e. The number of methoxy groups -OCH3 is 2. The molecule has 0 spiro atoms. The van der Waals surface area contributed by atoms with E-state index in [1.165, 1.54) is 0 Å². The Morgan fingerprint density at radius 2 is 1.86 bits per heavy atom. The fourth-order valence-electron chi connectivity index (χ4n) is 2.68. The van der Waals surface area contributed by atoms with Gasteiger partial charge in [-0.1, -0.05) is 0 Å². The molecule has 0 aliphatic heterocycles. The Labute approximate surface area is 129 Å². The number of aromatic nitrogens is 2. The summed E-state index contributed by atoms with van der Waals surface area (Å²) in [4.78, 5) is 4.71. The van der Waals surface area contributed by atoms with Gasteiger partial charge >= 0.3 is 0 Å². The van der Waals surface area contributed by atoms with Crippen molar-refractivity contribution >= 4 is 11.3 Å². The van der Waals surface area contributed by atoms with Crippen molar-refractivity contribution in [2.24, 2.45) is 0 Å². The first-order valence-corrected chi connectivity index (χ1v) is 7.02. The summed E-state index contributed by atoms with van der Waals surface area (Å²) in [7, 11) is 3.29. The number of ether oxygens (including phenoxy) is 2. The molecule has 2 heterocycles. The third-order valence-corrected chi connectivity index (χ3v) is 3.79. The molecule has 3 aromatic rings. The van der Waals surface area contributed by atoms with Crippen molar-refractivity contribution in [3.63, 3.8) is 0 Å². The van der Waals surface area contributed by atoms with Gasteiger partial charge in [0.05, 0.1) is 25.6 Å². The van der Waals surface area contributed by atoms with Gasteiger partial charge in [-0.15, -0.1) is 0 Å². The van der Waals surface area contributed by atoms with Crippen molar-refractivity contribution in [2.75, 3.05) is 20.0 Å². The lowest BCUT2D eigenvalue weighted by Crippen LogP contribution is -1.95. The monoisotopic (exact) mass is 297 g/mol. The molecule has 1 aromatic carbocycles. The van der Waals surface area contributed by atoms with Crippen LogP contribution in [0.3, 0.4) is 0 Å². The Kier molecular flexibility index (Phi) is 3.41. The topological polar surface area (TPSA) is 61.8 Å². The molecule has 5 heteroatoms. The fourth-order valence-corrected chi connectivity index (χ4v) is 2.68. The molecule has 3 rings (SSSR count). The summed E-state index contributed by atoms with van der Waals surface area (Å²) >= 11 is 0. The minimum absolute atomic E-state index is 0.663. The van der Waals surface area contributed by atoms with E-state index in [9.17, 15) is 0 Å². The van der Waals surface area contributed by atoms with Crippen molar-refractivity contribution in [3.05, 3.63) is 41.7 Å². The average Bonchev–Trinajstić information content (AvgIpc) is 2.84. The lowest BCUT2D eigenvalue weighted by atomic mass is 10.1. The number of pyridine rings is 1. The number of imidazole rings is 1. The molecule has 0 atom stereocenters. The molecule has 0 unspecified atom stereocenters. The van der Waals surface area contributed by atoms with Crippen molar-refractivity contribution in [2.45, 2.75) is 13.8 Å². The van der Waals surface area contributed by atoms with Gasteiger partial charge in [0.2, 0.25) is 0 Å². The van der Waals surface area contributed by atoms with E-state index >= 15 is 0 Å². The summed E-state index contributed by atoms with van der Waals surface area (Å²) in [6.45, 7) is 4.04. The van der Waals surface area contributed by atoms with Crippen LogP contribution in [0.1, 0.15) is 11.3 Å². The van der Waals surface area contributed by atoms with Crippen LogP contribution in [-0.4, -0.2) is 23.6 Å². The molecule has 0 bridgehead atoms. The summed E-state index contributed by atoms with van der Waals surface area (Å²) in [5.41, 5.74) is 11.4. The first kappa shape index (κ1) is 14.3. The molecule has 0 saturated heterocycles. The first-order valence-electron chi connectivity index (χ1n) is 7.02. The number of nitrogens with two attached hydrogens (primary N) is 1. The van der Waals surface area contributed by atoms with Crippen molar-refractivity contribution < 1.29 is 9.47 Å². The second kappa shape index (κ2) is 5.26. The maximum absolute atomic E-state index is 6.10. The highest BCUT2D eigenvalue weighted by Gasteiger charge is 2.17. The van der Waals surface area contributed by atoms with Gasteiger partial charge in [0.25, 0.3) is 0 Å². The van der Waals surface area contributed by atoms with Crippen LogP contribution in [0.2, 0.25) is 0 Å². The standard InChI is InChI=1S/C17H19N3O2/c1-10-7-14(18)17-19-16(11(2)20(17)9-10)13-8-12(21-3)5-6-15(13)22-4/h5-9H,18H2,1-4H3. The van der Waals surface area contributed by atoms with Crippen LogP contribution >= 0.6 is 0 Å². The van der Waals surface area contributed by atoms with E-state index < -0.39 is 0 Å².